The van der Waals surface area contributed by atoms with Crippen molar-refractivity contribution in [1.82, 2.24) is 24.5 Å². The highest BCUT2D eigenvalue weighted by molar-refractivity contribution is 7.17. The second-order valence-electron chi connectivity index (χ2n) is 10.5. The first-order valence-electron chi connectivity index (χ1n) is 13.4. The van der Waals surface area contributed by atoms with Crippen molar-refractivity contribution in [3.8, 4) is 5.75 Å². The highest BCUT2D eigenvalue weighted by Crippen LogP contribution is 2.37. The minimum absolute atomic E-state index is 0.00471. The molecule has 0 fully saturated rings. The summed E-state index contributed by atoms with van der Waals surface area (Å²) in [5.41, 5.74) is 5.32. The predicted octanol–water partition coefficient (Wildman–Crippen LogP) is 5.03. The molecule has 40 heavy (non-hydrogen) atoms. The number of aromatic nitrogens is 4. The zero-order valence-corrected chi connectivity index (χ0v) is 23.5. The Balaban J connectivity index is 1.42. The minimum atomic E-state index is -0.857. The number of pyridine rings is 2. The van der Waals surface area contributed by atoms with Gasteiger partial charge in [0, 0.05) is 42.5 Å². The third-order valence-corrected chi connectivity index (χ3v) is 8.79. The molecular formula is C30H31N5O4S. The van der Waals surface area contributed by atoms with Crippen LogP contribution in [0.25, 0.3) is 15.7 Å². The molecule has 1 aliphatic rings. The fourth-order valence-corrected chi connectivity index (χ4v) is 6.66. The van der Waals surface area contributed by atoms with Crippen LogP contribution in [0.5, 0.6) is 5.75 Å². The van der Waals surface area contributed by atoms with E-state index >= 15 is 0 Å². The maximum atomic E-state index is 12.1. The summed E-state index contributed by atoms with van der Waals surface area (Å²) < 4.78 is 9.33. The number of benzene rings is 1. The van der Waals surface area contributed by atoms with E-state index in [1.165, 1.54) is 10.8 Å². The molecule has 2 atom stereocenters. The summed E-state index contributed by atoms with van der Waals surface area (Å²) >= 11 is 1.69. The molecule has 6 rings (SSSR count). The van der Waals surface area contributed by atoms with Gasteiger partial charge in [-0.1, -0.05) is 13.0 Å². The fourth-order valence-electron chi connectivity index (χ4n) is 5.77. The van der Waals surface area contributed by atoms with Gasteiger partial charge < -0.3 is 14.8 Å². The van der Waals surface area contributed by atoms with Crippen molar-refractivity contribution in [2.45, 2.75) is 58.7 Å². The molecule has 0 spiro atoms. The van der Waals surface area contributed by atoms with Crippen LogP contribution in [-0.4, -0.2) is 48.2 Å². The van der Waals surface area contributed by atoms with Crippen LogP contribution < -0.4 is 10.3 Å². The van der Waals surface area contributed by atoms with Crippen LogP contribution in [0.4, 0.5) is 0 Å². The van der Waals surface area contributed by atoms with Gasteiger partial charge in [-0.05, 0) is 77.6 Å². The lowest BCUT2D eigenvalue weighted by molar-refractivity contribution is -0.137. The van der Waals surface area contributed by atoms with Gasteiger partial charge in [-0.3, -0.25) is 18.9 Å². The Kier molecular flexibility index (Phi) is 6.89. The van der Waals surface area contributed by atoms with Crippen LogP contribution in [0, 0.1) is 13.8 Å². The molecule has 5 aromatic rings. The highest BCUT2D eigenvalue weighted by atomic mass is 32.1. The van der Waals surface area contributed by atoms with Gasteiger partial charge >= 0.3 is 5.97 Å². The molecule has 206 valence electrons. The normalized spacial score (nSPS) is 16.5. The van der Waals surface area contributed by atoms with Crippen molar-refractivity contribution in [2.24, 2.45) is 0 Å². The number of carboxylic acids is 1. The Labute approximate surface area is 235 Å². The van der Waals surface area contributed by atoms with Crippen molar-refractivity contribution in [2.75, 3.05) is 6.54 Å². The van der Waals surface area contributed by atoms with Crippen LogP contribution in [0.2, 0.25) is 0 Å². The number of aromatic amines is 1. The molecule has 5 heterocycles. The van der Waals surface area contributed by atoms with Gasteiger partial charge in [-0.25, -0.2) is 0 Å². The van der Waals surface area contributed by atoms with E-state index in [1.807, 2.05) is 30.5 Å². The summed E-state index contributed by atoms with van der Waals surface area (Å²) in [6, 6.07) is 11.6. The number of H-pyrrole nitrogens is 1. The molecule has 2 N–H and O–H groups in total. The molecule has 0 radical (unpaired) electrons. The lowest BCUT2D eigenvalue weighted by Gasteiger charge is -2.25. The summed E-state index contributed by atoms with van der Waals surface area (Å²) in [5.74, 6) is 0.302. The third kappa shape index (κ3) is 4.89. The van der Waals surface area contributed by atoms with E-state index in [0.717, 1.165) is 57.0 Å². The number of carboxylic acid groups (broad SMARTS) is 1. The topological polar surface area (TPSA) is 113 Å². The number of aliphatic carboxylic acids is 1. The lowest BCUT2D eigenvalue weighted by Crippen LogP contribution is -2.32. The molecule has 0 aliphatic carbocycles. The molecular weight excluding hydrogens is 526 g/mol. The summed E-state index contributed by atoms with van der Waals surface area (Å²) in [6.45, 7) is 7.89. The van der Waals surface area contributed by atoms with Gasteiger partial charge in [-0.15, -0.1) is 21.5 Å². The monoisotopic (exact) mass is 557 g/mol. The Morgan fingerprint density at radius 1 is 1.23 bits per heavy atom. The van der Waals surface area contributed by atoms with Crippen LogP contribution in [0.1, 0.15) is 59.5 Å². The van der Waals surface area contributed by atoms with E-state index in [0.29, 0.717) is 19.6 Å². The van der Waals surface area contributed by atoms with Crippen LogP contribution in [0.15, 0.2) is 52.8 Å². The third-order valence-electron chi connectivity index (χ3n) is 7.79. The number of thiophene rings is 1. The number of rotatable bonds is 7. The van der Waals surface area contributed by atoms with Crippen molar-refractivity contribution in [1.29, 1.82) is 0 Å². The first-order valence-corrected chi connectivity index (χ1v) is 14.3. The number of aryl methyl sites for hydroxylation is 2. The number of ether oxygens (including phenoxy) is 1. The zero-order valence-electron chi connectivity index (χ0n) is 22.7. The second-order valence-corrected chi connectivity index (χ2v) is 11.4. The lowest BCUT2D eigenvalue weighted by atomic mass is 9.85. The Morgan fingerprint density at radius 3 is 2.88 bits per heavy atom. The number of nitrogens with one attached hydrogen (secondary N) is 1. The van der Waals surface area contributed by atoms with Gasteiger partial charge in [0.1, 0.15) is 17.7 Å². The Hall–Kier alpha value is -4.02. The minimum Gasteiger partial charge on any atom is -0.487 e. The van der Waals surface area contributed by atoms with E-state index in [2.05, 4.69) is 50.6 Å². The van der Waals surface area contributed by atoms with E-state index in [4.69, 9.17) is 4.74 Å². The van der Waals surface area contributed by atoms with Crippen molar-refractivity contribution in [3.05, 3.63) is 92.1 Å². The number of hydrogen-bond donors (Lipinski definition) is 2. The molecule has 0 unspecified atom stereocenters. The quantitative estimate of drug-likeness (QED) is 0.289. The van der Waals surface area contributed by atoms with Gasteiger partial charge in [0.25, 0.3) is 0 Å². The van der Waals surface area contributed by atoms with E-state index in [-0.39, 0.29) is 24.0 Å². The zero-order chi connectivity index (χ0) is 28.0. The van der Waals surface area contributed by atoms with Crippen molar-refractivity contribution < 1.29 is 14.6 Å². The Morgan fingerprint density at radius 2 is 2.08 bits per heavy atom. The van der Waals surface area contributed by atoms with Crippen molar-refractivity contribution >= 4 is 33.0 Å². The predicted molar refractivity (Wildman–Crippen MR) is 154 cm³/mol. The SMILES string of the molecule is CC[C@@H]1CN(Cc2cc([C@H](CC(=O)O)c3ccn4c(C)nnc4c3C)cc3ccsc23)Cc2[nH]c(=O)ccc2O1. The van der Waals surface area contributed by atoms with Crippen molar-refractivity contribution in [3.63, 3.8) is 0 Å². The smallest absolute Gasteiger partial charge is 0.304 e. The molecule has 9 nitrogen and oxygen atoms in total. The number of carbonyl (C=O) groups is 1. The first-order chi connectivity index (χ1) is 19.3. The van der Waals surface area contributed by atoms with Gasteiger partial charge in [0.15, 0.2) is 5.65 Å². The number of hydrogen-bond acceptors (Lipinski definition) is 7. The molecule has 0 amide bonds. The molecule has 0 saturated carbocycles. The number of fused-ring (bicyclic) bond motifs is 3. The average molecular weight is 558 g/mol. The second kappa shape index (κ2) is 10.5. The maximum Gasteiger partial charge on any atom is 0.304 e. The maximum absolute atomic E-state index is 12.1. The average Bonchev–Trinajstić information content (AvgIpc) is 3.51. The molecule has 1 aromatic carbocycles. The van der Waals surface area contributed by atoms with E-state index < -0.39 is 5.97 Å². The number of nitrogens with zero attached hydrogens (tertiary/aromatic N) is 4. The molecule has 0 saturated heterocycles. The summed E-state index contributed by atoms with van der Waals surface area (Å²) in [4.78, 5) is 29.5. The largest absolute Gasteiger partial charge is 0.487 e. The summed E-state index contributed by atoms with van der Waals surface area (Å²) in [6.07, 6.45) is 2.72. The summed E-state index contributed by atoms with van der Waals surface area (Å²) in [7, 11) is 0. The van der Waals surface area contributed by atoms with E-state index in [9.17, 15) is 14.7 Å². The standard InChI is InChI=1S/C30H31N5O4S/c1-4-22-15-34(16-25-26(39-22)5-6-27(36)31-25)14-21-12-20(11-19-8-10-40-29(19)21)24(13-28(37)38)23-7-9-35-18(3)32-33-30(35)17(23)2/h5-12,22,24H,4,13-16H2,1-3H3,(H,31,36)(H,37,38)/t22-,24+/m1/s1. The molecule has 1 aliphatic heterocycles. The van der Waals surface area contributed by atoms with E-state index in [1.54, 1.807) is 17.4 Å². The van der Waals surface area contributed by atoms with Gasteiger partial charge in [-0.2, -0.15) is 0 Å². The van der Waals surface area contributed by atoms with Crippen LogP contribution in [0.3, 0.4) is 0 Å². The summed E-state index contributed by atoms with van der Waals surface area (Å²) in [5, 5.41) is 21.7. The van der Waals surface area contributed by atoms with Gasteiger partial charge in [0.2, 0.25) is 5.56 Å². The fraction of sp³-hybridized carbons (Fsp3) is 0.333. The molecule has 10 heteroatoms. The van der Waals surface area contributed by atoms with Crippen LogP contribution in [-0.2, 0) is 17.9 Å². The highest BCUT2D eigenvalue weighted by Gasteiger charge is 2.26. The van der Waals surface area contributed by atoms with Crippen LogP contribution >= 0.6 is 11.3 Å². The molecule has 0 bridgehead atoms. The first kappa shape index (κ1) is 26.2. The van der Waals surface area contributed by atoms with Gasteiger partial charge in [0.05, 0.1) is 12.1 Å². The molecule has 4 aromatic heterocycles. The Bertz CT molecular complexity index is 1790.